The Hall–Kier alpha value is -0.850. The number of thioether (sulfide) groups is 1. The average Bonchev–Trinajstić information content (AvgIpc) is 2.87. The Bertz CT molecular complexity index is 774. The molecule has 2 aliphatic rings. The summed E-state index contributed by atoms with van der Waals surface area (Å²) in [6, 6.07) is 0. The van der Waals surface area contributed by atoms with Gasteiger partial charge in [-0.25, -0.2) is 4.98 Å². The average molecular weight is 350 g/mol. The largest absolute Gasteiger partial charge is 0.306 e. The van der Waals surface area contributed by atoms with E-state index in [0.717, 1.165) is 47.2 Å². The van der Waals surface area contributed by atoms with Gasteiger partial charge in [0.05, 0.1) is 5.39 Å². The molecular formula is C17H23N3OS2. The van der Waals surface area contributed by atoms with E-state index in [4.69, 9.17) is 4.98 Å². The molecule has 1 saturated heterocycles. The van der Waals surface area contributed by atoms with Crippen LogP contribution in [-0.2, 0) is 12.8 Å². The molecule has 1 N–H and O–H groups in total. The minimum atomic E-state index is 0.0671. The number of rotatable bonds is 2. The number of nitrogens with one attached hydrogen (secondary N) is 1. The molecule has 6 heteroatoms. The van der Waals surface area contributed by atoms with E-state index >= 15 is 0 Å². The highest BCUT2D eigenvalue weighted by atomic mass is 32.2. The predicted octanol–water partition coefficient (Wildman–Crippen LogP) is 3.30. The van der Waals surface area contributed by atoms with E-state index in [1.165, 1.54) is 29.7 Å². The third-order valence-electron chi connectivity index (χ3n) is 5.09. The van der Waals surface area contributed by atoms with Crippen LogP contribution >= 0.6 is 23.1 Å². The molecule has 124 valence electrons. The number of hydrogen-bond acceptors (Lipinski definition) is 5. The lowest BCUT2D eigenvalue weighted by Gasteiger charge is -2.27. The van der Waals surface area contributed by atoms with Crippen LogP contribution in [-0.4, -0.2) is 40.3 Å². The van der Waals surface area contributed by atoms with Crippen LogP contribution in [0.5, 0.6) is 0 Å². The standard InChI is InChI=1S/C17H23N3OS2/c1-10-3-4-12-13(9-10)23-16-14(12)15(21)18-17(19-16)22-11-5-7-20(2)8-6-11/h10-11H,3-9H2,1-2H3,(H,18,19,21). The fraction of sp³-hybridized carbons (Fsp3) is 0.647. The fourth-order valence-electron chi connectivity index (χ4n) is 3.65. The Labute approximate surface area is 144 Å². The van der Waals surface area contributed by atoms with Crippen LogP contribution < -0.4 is 5.56 Å². The fourth-order valence-corrected chi connectivity index (χ4v) is 6.14. The molecule has 23 heavy (non-hydrogen) atoms. The summed E-state index contributed by atoms with van der Waals surface area (Å²) in [6.07, 6.45) is 5.66. The monoisotopic (exact) mass is 349 g/mol. The smallest absolute Gasteiger partial charge is 0.260 e. The molecule has 1 fully saturated rings. The first-order chi connectivity index (χ1) is 11.1. The number of aromatic amines is 1. The molecule has 0 spiro atoms. The first kappa shape index (κ1) is 15.7. The van der Waals surface area contributed by atoms with Crippen molar-refractivity contribution in [2.45, 2.75) is 49.4 Å². The van der Waals surface area contributed by atoms with E-state index in [-0.39, 0.29) is 5.56 Å². The van der Waals surface area contributed by atoms with Gasteiger partial charge in [-0.1, -0.05) is 18.7 Å². The van der Waals surface area contributed by atoms with Crippen molar-refractivity contribution in [1.29, 1.82) is 0 Å². The maximum Gasteiger partial charge on any atom is 0.260 e. The van der Waals surface area contributed by atoms with E-state index in [2.05, 4.69) is 23.9 Å². The lowest BCUT2D eigenvalue weighted by Crippen LogP contribution is -2.31. The molecule has 1 atom stereocenters. The van der Waals surface area contributed by atoms with Crippen molar-refractivity contribution < 1.29 is 0 Å². The summed E-state index contributed by atoms with van der Waals surface area (Å²) in [4.78, 5) is 25.1. The highest BCUT2D eigenvalue weighted by Crippen LogP contribution is 2.36. The predicted molar refractivity (Wildman–Crippen MR) is 97.8 cm³/mol. The molecule has 0 amide bonds. The van der Waals surface area contributed by atoms with E-state index in [1.807, 2.05) is 0 Å². The number of H-pyrrole nitrogens is 1. The normalized spacial score (nSPS) is 23.3. The van der Waals surface area contributed by atoms with E-state index in [0.29, 0.717) is 5.25 Å². The summed E-state index contributed by atoms with van der Waals surface area (Å²) < 4.78 is 0. The molecule has 1 aliphatic heterocycles. The topological polar surface area (TPSA) is 49.0 Å². The molecule has 0 radical (unpaired) electrons. The second-order valence-electron chi connectivity index (χ2n) is 7.02. The van der Waals surface area contributed by atoms with Gasteiger partial charge in [0.2, 0.25) is 0 Å². The number of nitrogens with zero attached hydrogens (tertiary/aromatic N) is 2. The molecule has 2 aromatic heterocycles. The van der Waals surface area contributed by atoms with Gasteiger partial charge in [0.1, 0.15) is 4.83 Å². The Morgan fingerprint density at radius 2 is 2.09 bits per heavy atom. The maximum absolute atomic E-state index is 12.6. The van der Waals surface area contributed by atoms with Gasteiger partial charge in [-0.2, -0.15) is 0 Å². The number of aryl methyl sites for hydroxylation is 1. The minimum absolute atomic E-state index is 0.0671. The van der Waals surface area contributed by atoms with Crippen LogP contribution in [0.4, 0.5) is 0 Å². The van der Waals surface area contributed by atoms with Crippen molar-refractivity contribution in [2.75, 3.05) is 20.1 Å². The van der Waals surface area contributed by atoms with Gasteiger partial charge in [0.15, 0.2) is 5.16 Å². The van der Waals surface area contributed by atoms with E-state index < -0.39 is 0 Å². The molecule has 0 bridgehead atoms. The van der Waals surface area contributed by atoms with Gasteiger partial charge in [-0.3, -0.25) is 4.79 Å². The summed E-state index contributed by atoms with van der Waals surface area (Å²) in [5, 5.41) is 2.25. The van der Waals surface area contributed by atoms with Crippen molar-refractivity contribution in [3.05, 3.63) is 20.8 Å². The third-order valence-corrected chi connectivity index (χ3v) is 7.46. The van der Waals surface area contributed by atoms with Gasteiger partial charge in [0.25, 0.3) is 5.56 Å². The van der Waals surface area contributed by atoms with Gasteiger partial charge in [-0.05, 0) is 63.7 Å². The van der Waals surface area contributed by atoms with E-state index in [1.54, 1.807) is 23.1 Å². The first-order valence-corrected chi connectivity index (χ1v) is 10.2. The Kier molecular flexibility index (Phi) is 4.24. The number of fused-ring (bicyclic) bond motifs is 3. The van der Waals surface area contributed by atoms with Gasteiger partial charge in [-0.15, -0.1) is 11.3 Å². The van der Waals surface area contributed by atoms with Crippen LogP contribution in [0.1, 0.15) is 36.6 Å². The van der Waals surface area contributed by atoms with Crippen molar-refractivity contribution in [1.82, 2.24) is 14.9 Å². The molecule has 1 unspecified atom stereocenters. The van der Waals surface area contributed by atoms with Crippen molar-refractivity contribution in [2.24, 2.45) is 5.92 Å². The Morgan fingerprint density at radius 1 is 1.30 bits per heavy atom. The van der Waals surface area contributed by atoms with Crippen LogP contribution in [0.2, 0.25) is 0 Å². The van der Waals surface area contributed by atoms with Gasteiger partial charge in [0, 0.05) is 10.1 Å². The highest BCUT2D eigenvalue weighted by molar-refractivity contribution is 7.99. The number of likely N-dealkylation sites (tertiary alicyclic amines) is 1. The molecule has 1 aliphatic carbocycles. The summed E-state index contributed by atoms with van der Waals surface area (Å²) in [5.74, 6) is 0.725. The molecular weight excluding hydrogens is 326 g/mol. The number of thiophene rings is 1. The second-order valence-corrected chi connectivity index (χ2v) is 9.40. The summed E-state index contributed by atoms with van der Waals surface area (Å²) >= 11 is 3.50. The number of aromatic nitrogens is 2. The zero-order valence-corrected chi connectivity index (χ0v) is 15.4. The molecule has 0 saturated carbocycles. The number of hydrogen-bond donors (Lipinski definition) is 1. The van der Waals surface area contributed by atoms with Crippen molar-refractivity contribution >= 4 is 33.3 Å². The van der Waals surface area contributed by atoms with E-state index in [9.17, 15) is 4.79 Å². The summed E-state index contributed by atoms with van der Waals surface area (Å²) in [7, 11) is 2.17. The SMILES string of the molecule is CC1CCc2c(sc3nc(SC4CCN(C)CC4)[nH]c(=O)c23)C1. The molecule has 0 aromatic carbocycles. The molecule has 4 nitrogen and oxygen atoms in total. The third kappa shape index (κ3) is 3.08. The summed E-state index contributed by atoms with van der Waals surface area (Å²) in [6.45, 7) is 4.57. The molecule has 4 rings (SSSR count). The maximum atomic E-state index is 12.6. The lowest BCUT2D eigenvalue weighted by atomic mass is 9.89. The van der Waals surface area contributed by atoms with Gasteiger partial charge >= 0.3 is 0 Å². The zero-order chi connectivity index (χ0) is 16.0. The first-order valence-electron chi connectivity index (χ1n) is 8.50. The molecule has 2 aromatic rings. The molecule has 3 heterocycles. The highest BCUT2D eigenvalue weighted by Gasteiger charge is 2.24. The zero-order valence-electron chi connectivity index (χ0n) is 13.7. The minimum Gasteiger partial charge on any atom is -0.306 e. The lowest BCUT2D eigenvalue weighted by molar-refractivity contribution is 0.282. The van der Waals surface area contributed by atoms with Crippen LogP contribution in [0.3, 0.4) is 0 Å². The van der Waals surface area contributed by atoms with Crippen LogP contribution in [0.25, 0.3) is 10.2 Å². The Balaban J connectivity index is 1.64. The van der Waals surface area contributed by atoms with Crippen LogP contribution in [0, 0.1) is 5.92 Å². The van der Waals surface area contributed by atoms with Crippen LogP contribution in [0.15, 0.2) is 9.95 Å². The Morgan fingerprint density at radius 3 is 2.87 bits per heavy atom. The van der Waals surface area contributed by atoms with Crippen molar-refractivity contribution in [3.8, 4) is 0 Å². The second kappa shape index (κ2) is 6.22. The van der Waals surface area contributed by atoms with Crippen molar-refractivity contribution in [3.63, 3.8) is 0 Å². The number of piperidine rings is 1. The van der Waals surface area contributed by atoms with Gasteiger partial charge < -0.3 is 9.88 Å². The summed E-state index contributed by atoms with van der Waals surface area (Å²) in [5.41, 5.74) is 1.34. The quantitative estimate of drug-likeness (QED) is 0.845.